The largest absolute Gasteiger partial charge is 0.481 e. The van der Waals surface area contributed by atoms with Gasteiger partial charge in [-0.2, -0.15) is 0 Å². The van der Waals surface area contributed by atoms with Gasteiger partial charge in [-0.1, -0.05) is 12.2 Å². The third-order valence-corrected chi connectivity index (χ3v) is 2.89. The number of hydrogen-bond acceptors (Lipinski definition) is 2. The molecule has 0 spiro atoms. The minimum Gasteiger partial charge on any atom is -0.481 e. The zero-order valence-electron chi connectivity index (χ0n) is 10.3. The van der Waals surface area contributed by atoms with E-state index in [1.54, 1.807) is 6.08 Å². The number of anilines is 1. The molecule has 2 atom stereocenters. The van der Waals surface area contributed by atoms with Gasteiger partial charge in [0.05, 0.1) is 17.6 Å². The third kappa shape index (κ3) is 3.31. The van der Waals surface area contributed by atoms with E-state index in [4.69, 9.17) is 5.11 Å². The maximum absolute atomic E-state index is 13.3. The molecule has 0 saturated heterocycles. The standard InChI is InChI=1S/C13H12F2N2O3/c14-8-2-4-10(15)11(6-8)17-13(20)16-9-3-1-7(5-9)12(18)19/h1-4,6-7,9H,5H2,(H,18,19)(H2,16,17,20). The van der Waals surface area contributed by atoms with Gasteiger partial charge in [-0.05, 0) is 18.6 Å². The SMILES string of the molecule is O=C(Nc1cc(F)ccc1F)NC1C=CC(C(=O)O)C1. The van der Waals surface area contributed by atoms with Crippen molar-refractivity contribution in [1.29, 1.82) is 0 Å². The van der Waals surface area contributed by atoms with Gasteiger partial charge in [0.25, 0.3) is 0 Å². The molecule has 0 heterocycles. The minimum absolute atomic E-state index is 0.231. The van der Waals surface area contributed by atoms with Crippen molar-refractivity contribution < 1.29 is 23.5 Å². The van der Waals surface area contributed by atoms with Gasteiger partial charge in [-0.15, -0.1) is 0 Å². The number of aliphatic carboxylic acids is 1. The van der Waals surface area contributed by atoms with Crippen LogP contribution in [0.2, 0.25) is 0 Å². The molecule has 0 aromatic heterocycles. The average Bonchev–Trinajstić information content (AvgIpc) is 2.82. The van der Waals surface area contributed by atoms with Crippen LogP contribution in [-0.2, 0) is 4.79 Å². The zero-order valence-corrected chi connectivity index (χ0v) is 10.3. The third-order valence-electron chi connectivity index (χ3n) is 2.89. The molecule has 2 rings (SSSR count). The van der Waals surface area contributed by atoms with Crippen LogP contribution in [0.4, 0.5) is 19.3 Å². The van der Waals surface area contributed by atoms with Gasteiger partial charge >= 0.3 is 12.0 Å². The van der Waals surface area contributed by atoms with E-state index in [1.807, 2.05) is 0 Å². The molecule has 0 bridgehead atoms. The quantitative estimate of drug-likeness (QED) is 0.743. The lowest BCUT2D eigenvalue weighted by molar-refractivity contribution is -0.140. The number of amides is 2. The van der Waals surface area contributed by atoms with E-state index in [0.29, 0.717) is 0 Å². The van der Waals surface area contributed by atoms with Crippen molar-refractivity contribution in [3.8, 4) is 0 Å². The normalized spacial score (nSPS) is 20.7. The Morgan fingerprint density at radius 3 is 2.65 bits per heavy atom. The molecule has 1 aromatic carbocycles. The Bertz CT molecular complexity index is 575. The predicted octanol–water partition coefficient (Wildman–Crippen LogP) is 2.12. The highest BCUT2D eigenvalue weighted by atomic mass is 19.1. The second-order valence-electron chi connectivity index (χ2n) is 4.39. The first-order chi connectivity index (χ1) is 9.45. The molecule has 2 amide bonds. The summed E-state index contributed by atoms with van der Waals surface area (Å²) in [5, 5.41) is 13.4. The molecule has 0 saturated carbocycles. The number of carbonyl (C=O) groups is 2. The zero-order chi connectivity index (χ0) is 14.7. The molecule has 1 aliphatic rings. The van der Waals surface area contributed by atoms with Crippen LogP contribution in [0.25, 0.3) is 0 Å². The van der Waals surface area contributed by atoms with Crippen molar-refractivity contribution in [2.45, 2.75) is 12.5 Å². The van der Waals surface area contributed by atoms with Gasteiger partial charge in [0.15, 0.2) is 0 Å². The topological polar surface area (TPSA) is 78.4 Å². The molecule has 2 unspecified atom stereocenters. The molecule has 1 aromatic rings. The monoisotopic (exact) mass is 282 g/mol. The van der Waals surface area contributed by atoms with Crippen LogP contribution in [0.1, 0.15) is 6.42 Å². The number of hydrogen-bond donors (Lipinski definition) is 3. The summed E-state index contributed by atoms with van der Waals surface area (Å²) >= 11 is 0. The molecular weight excluding hydrogens is 270 g/mol. The highest BCUT2D eigenvalue weighted by Gasteiger charge is 2.25. The first kappa shape index (κ1) is 14.0. The Morgan fingerprint density at radius 1 is 1.25 bits per heavy atom. The van der Waals surface area contributed by atoms with Gasteiger partial charge in [0, 0.05) is 6.07 Å². The van der Waals surface area contributed by atoms with Gasteiger partial charge in [0.2, 0.25) is 0 Å². The van der Waals surface area contributed by atoms with Crippen molar-refractivity contribution in [2.75, 3.05) is 5.32 Å². The number of carbonyl (C=O) groups excluding carboxylic acids is 1. The van der Waals surface area contributed by atoms with Crippen molar-refractivity contribution >= 4 is 17.7 Å². The van der Waals surface area contributed by atoms with Crippen LogP contribution < -0.4 is 10.6 Å². The number of halogens is 2. The Hall–Kier alpha value is -2.44. The maximum Gasteiger partial charge on any atom is 0.319 e. The summed E-state index contributed by atoms with van der Waals surface area (Å²) in [6.07, 6.45) is 3.27. The summed E-state index contributed by atoms with van der Waals surface area (Å²) in [5.41, 5.74) is -0.278. The van der Waals surface area contributed by atoms with Gasteiger partial charge < -0.3 is 15.7 Å². The number of carboxylic acids is 1. The van der Waals surface area contributed by atoms with Crippen LogP contribution in [0.5, 0.6) is 0 Å². The summed E-state index contributed by atoms with van der Waals surface area (Å²) in [4.78, 5) is 22.4. The Kier molecular flexibility index (Phi) is 3.97. The predicted molar refractivity (Wildman–Crippen MR) is 67.2 cm³/mol. The van der Waals surface area contributed by atoms with E-state index >= 15 is 0 Å². The summed E-state index contributed by atoms with van der Waals surface area (Å²) in [6.45, 7) is 0. The van der Waals surface area contributed by atoms with Crippen molar-refractivity contribution in [2.24, 2.45) is 5.92 Å². The molecular formula is C13H12F2N2O3. The second-order valence-corrected chi connectivity index (χ2v) is 4.39. The fraction of sp³-hybridized carbons (Fsp3) is 0.231. The lowest BCUT2D eigenvalue weighted by atomic mass is 10.1. The molecule has 106 valence electrons. The molecule has 1 aliphatic carbocycles. The Morgan fingerprint density at radius 2 is 2.00 bits per heavy atom. The summed E-state index contributed by atoms with van der Waals surface area (Å²) in [6, 6.07) is 1.53. The average molecular weight is 282 g/mol. The smallest absolute Gasteiger partial charge is 0.319 e. The fourth-order valence-corrected chi connectivity index (χ4v) is 1.91. The molecule has 0 radical (unpaired) electrons. The number of nitrogens with one attached hydrogen (secondary N) is 2. The summed E-state index contributed by atoms with van der Waals surface area (Å²) in [5.74, 6) is -3.05. The van der Waals surface area contributed by atoms with Crippen molar-refractivity contribution in [1.82, 2.24) is 5.32 Å². The van der Waals surface area contributed by atoms with Crippen LogP contribution in [0.3, 0.4) is 0 Å². The number of urea groups is 1. The van der Waals surface area contributed by atoms with Crippen LogP contribution in [0, 0.1) is 17.6 Å². The van der Waals surface area contributed by atoms with Crippen molar-refractivity contribution in [3.05, 3.63) is 42.0 Å². The first-order valence-electron chi connectivity index (χ1n) is 5.89. The Balaban J connectivity index is 1.92. The molecule has 7 heteroatoms. The van der Waals surface area contributed by atoms with E-state index in [2.05, 4.69) is 10.6 Å². The fourth-order valence-electron chi connectivity index (χ4n) is 1.91. The van der Waals surface area contributed by atoms with Gasteiger partial charge in [-0.3, -0.25) is 4.79 Å². The number of rotatable bonds is 3. The lowest BCUT2D eigenvalue weighted by Crippen LogP contribution is -2.36. The van der Waals surface area contributed by atoms with Gasteiger partial charge in [-0.25, -0.2) is 13.6 Å². The Labute approximate surface area is 113 Å². The molecule has 5 nitrogen and oxygen atoms in total. The van der Waals surface area contributed by atoms with E-state index in [9.17, 15) is 18.4 Å². The van der Waals surface area contributed by atoms with Crippen LogP contribution in [-0.4, -0.2) is 23.1 Å². The maximum atomic E-state index is 13.3. The molecule has 3 N–H and O–H groups in total. The summed E-state index contributed by atoms with van der Waals surface area (Å²) < 4.78 is 26.2. The van der Waals surface area contributed by atoms with E-state index in [0.717, 1.165) is 18.2 Å². The van der Waals surface area contributed by atoms with Gasteiger partial charge in [0.1, 0.15) is 11.6 Å². The second kappa shape index (κ2) is 5.68. The van der Waals surface area contributed by atoms with E-state index in [-0.39, 0.29) is 12.1 Å². The lowest BCUT2D eigenvalue weighted by Gasteiger charge is -2.13. The van der Waals surface area contributed by atoms with Crippen molar-refractivity contribution in [3.63, 3.8) is 0 Å². The minimum atomic E-state index is -0.970. The molecule has 0 fully saturated rings. The van der Waals surface area contributed by atoms with Crippen LogP contribution in [0.15, 0.2) is 30.4 Å². The number of carboxylic acid groups (broad SMARTS) is 1. The van der Waals surface area contributed by atoms with E-state index < -0.39 is 35.6 Å². The van der Waals surface area contributed by atoms with Crippen LogP contribution >= 0.6 is 0 Å². The first-order valence-corrected chi connectivity index (χ1v) is 5.89. The highest BCUT2D eigenvalue weighted by molar-refractivity contribution is 5.89. The highest BCUT2D eigenvalue weighted by Crippen LogP contribution is 2.19. The van der Waals surface area contributed by atoms with E-state index in [1.165, 1.54) is 6.08 Å². The molecule has 20 heavy (non-hydrogen) atoms. The summed E-state index contributed by atoms with van der Waals surface area (Å²) in [7, 11) is 0. The molecule has 0 aliphatic heterocycles. The number of benzene rings is 1.